The van der Waals surface area contributed by atoms with Crippen molar-refractivity contribution in [2.24, 2.45) is 7.05 Å². The molecule has 0 radical (unpaired) electrons. The number of hydrogen-bond acceptors (Lipinski definition) is 3. The molecule has 2 rings (SSSR count). The fourth-order valence-electron chi connectivity index (χ4n) is 2.65. The highest BCUT2D eigenvalue weighted by molar-refractivity contribution is 4.91. The Morgan fingerprint density at radius 3 is 3.12 bits per heavy atom. The van der Waals surface area contributed by atoms with Gasteiger partial charge in [-0.15, -0.1) is 0 Å². The van der Waals surface area contributed by atoms with Crippen LogP contribution in [0.15, 0.2) is 12.4 Å². The van der Waals surface area contributed by atoms with Crippen LogP contribution in [0.3, 0.4) is 0 Å². The summed E-state index contributed by atoms with van der Waals surface area (Å²) in [5.74, 6) is 1.16. The predicted octanol–water partition coefficient (Wildman–Crippen LogP) is 1.04. The third kappa shape index (κ3) is 3.30. The highest BCUT2D eigenvalue weighted by atomic mass is 15.2. The van der Waals surface area contributed by atoms with Crippen molar-refractivity contribution in [2.45, 2.75) is 32.2 Å². The van der Waals surface area contributed by atoms with Gasteiger partial charge in [0.2, 0.25) is 0 Å². The molecule has 0 bridgehead atoms. The SMILES string of the molecule is CCN1CCCC1CNCCc1nccn1C. The number of nitrogens with one attached hydrogen (secondary N) is 1. The van der Waals surface area contributed by atoms with E-state index in [0.29, 0.717) is 0 Å². The van der Waals surface area contributed by atoms with Gasteiger partial charge in [0, 0.05) is 45.0 Å². The molecule has 1 N–H and O–H groups in total. The van der Waals surface area contributed by atoms with Crippen molar-refractivity contribution in [3.8, 4) is 0 Å². The molecule has 96 valence electrons. The number of aryl methyl sites for hydroxylation is 1. The summed E-state index contributed by atoms with van der Waals surface area (Å²) in [6.45, 7) is 6.87. The highest BCUT2D eigenvalue weighted by Gasteiger charge is 2.21. The second-order valence-corrected chi connectivity index (χ2v) is 4.83. The molecule has 1 aromatic rings. The lowest BCUT2D eigenvalue weighted by atomic mass is 10.2. The second kappa shape index (κ2) is 6.17. The molecule has 0 aliphatic carbocycles. The minimum atomic E-state index is 0.751. The summed E-state index contributed by atoms with van der Waals surface area (Å²) in [6.07, 6.45) is 7.60. The van der Waals surface area contributed by atoms with Crippen molar-refractivity contribution in [1.29, 1.82) is 0 Å². The first-order chi connectivity index (χ1) is 8.31. The minimum absolute atomic E-state index is 0.751. The van der Waals surface area contributed by atoms with E-state index in [2.05, 4.69) is 33.7 Å². The Hall–Kier alpha value is -0.870. The van der Waals surface area contributed by atoms with E-state index in [0.717, 1.165) is 31.4 Å². The Labute approximate surface area is 104 Å². The van der Waals surface area contributed by atoms with Crippen LogP contribution in [0, 0.1) is 0 Å². The Kier molecular flexibility index (Phi) is 4.57. The smallest absolute Gasteiger partial charge is 0.109 e. The number of nitrogens with zero attached hydrogens (tertiary/aromatic N) is 3. The van der Waals surface area contributed by atoms with Crippen molar-refractivity contribution in [3.05, 3.63) is 18.2 Å². The van der Waals surface area contributed by atoms with Gasteiger partial charge in [-0.1, -0.05) is 6.92 Å². The first kappa shape index (κ1) is 12.6. The molecule has 1 saturated heterocycles. The summed E-state index contributed by atoms with van der Waals surface area (Å²) >= 11 is 0. The van der Waals surface area contributed by atoms with Gasteiger partial charge < -0.3 is 9.88 Å². The number of likely N-dealkylation sites (tertiary alicyclic amines) is 1. The van der Waals surface area contributed by atoms with Gasteiger partial charge in [-0.3, -0.25) is 4.90 Å². The normalized spacial score (nSPS) is 21.2. The number of likely N-dealkylation sites (N-methyl/N-ethyl adjacent to an activating group) is 1. The molecule has 1 aliphatic heterocycles. The number of aromatic nitrogens is 2. The molecule has 1 aromatic heterocycles. The van der Waals surface area contributed by atoms with E-state index in [4.69, 9.17) is 0 Å². The maximum absolute atomic E-state index is 4.33. The van der Waals surface area contributed by atoms with Crippen LogP contribution in [0.25, 0.3) is 0 Å². The summed E-state index contributed by atoms with van der Waals surface area (Å²) in [5.41, 5.74) is 0. The van der Waals surface area contributed by atoms with Crippen LogP contribution in [-0.4, -0.2) is 46.7 Å². The third-order valence-corrected chi connectivity index (χ3v) is 3.73. The fraction of sp³-hybridized carbons (Fsp3) is 0.769. The van der Waals surface area contributed by atoms with Crippen LogP contribution in [0.4, 0.5) is 0 Å². The van der Waals surface area contributed by atoms with Crippen LogP contribution >= 0.6 is 0 Å². The van der Waals surface area contributed by atoms with Crippen molar-refractivity contribution in [2.75, 3.05) is 26.2 Å². The highest BCUT2D eigenvalue weighted by Crippen LogP contribution is 2.15. The maximum Gasteiger partial charge on any atom is 0.109 e. The topological polar surface area (TPSA) is 33.1 Å². The zero-order valence-corrected chi connectivity index (χ0v) is 11.0. The molecule has 0 saturated carbocycles. The van der Waals surface area contributed by atoms with Gasteiger partial charge >= 0.3 is 0 Å². The van der Waals surface area contributed by atoms with Crippen molar-refractivity contribution in [3.63, 3.8) is 0 Å². The zero-order valence-electron chi connectivity index (χ0n) is 11.0. The van der Waals surface area contributed by atoms with Gasteiger partial charge in [-0.2, -0.15) is 0 Å². The summed E-state index contributed by atoms with van der Waals surface area (Å²) in [5, 5.41) is 3.56. The quantitative estimate of drug-likeness (QED) is 0.749. The molecule has 4 heteroatoms. The van der Waals surface area contributed by atoms with Crippen molar-refractivity contribution < 1.29 is 0 Å². The van der Waals surface area contributed by atoms with Crippen molar-refractivity contribution >= 4 is 0 Å². The standard InChI is InChI=1S/C13H24N4/c1-3-17-9-4-5-12(17)11-14-7-6-13-15-8-10-16(13)2/h8,10,12,14H,3-7,9,11H2,1-2H3. The molecule has 0 aromatic carbocycles. The Morgan fingerprint density at radius 2 is 2.41 bits per heavy atom. The molecule has 1 unspecified atom stereocenters. The molecule has 0 spiro atoms. The molecule has 2 heterocycles. The molecular weight excluding hydrogens is 212 g/mol. The van der Waals surface area contributed by atoms with Gasteiger partial charge in [0.05, 0.1) is 0 Å². The van der Waals surface area contributed by atoms with Crippen LogP contribution in [0.1, 0.15) is 25.6 Å². The predicted molar refractivity (Wildman–Crippen MR) is 70.1 cm³/mol. The summed E-state index contributed by atoms with van der Waals surface area (Å²) in [7, 11) is 2.05. The van der Waals surface area contributed by atoms with E-state index in [1.54, 1.807) is 0 Å². The first-order valence-corrected chi connectivity index (χ1v) is 6.72. The van der Waals surface area contributed by atoms with E-state index in [1.165, 1.54) is 25.9 Å². The minimum Gasteiger partial charge on any atom is -0.338 e. The van der Waals surface area contributed by atoms with E-state index < -0.39 is 0 Å². The lowest BCUT2D eigenvalue weighted by Gasteiger charge is -2.22. The molecule has 1 atom stereocenters. The fourth-order valence-corrected chi connectivity index (χ4v) is 2.65. The number of hydrogen-bond donors (Lipinski definition) is 1. The lowest BCUT2D eigenvalue weighted by Crippen LogP contribution is -2.38. The average Bonchev–Trinajstić information content (AvgIpc) is 2.93. The molecule has 1 aliphatic rings. The van der Waals surface area contributed by atoms with E-state index in [1.807, 2.05) is 12.4 Å². The number of rotatable bonds is 6. The number of imidazole rings is 1. The van der Waals surface area contributed by atoms with Crippen LogP contribution < -0.4 is 5.32 Å². The average molecular weight is 236 g/mol. The molecule has 4 nitrogen and oxygen atoms in total. The van der Waals surface area contributed by atoms with E-state index in [9.17, 15) is 0 Å². The molecule has 0 amide bonds. The maximum atomic E-state index is 4.33. The third-order valence-electron chi connectivity index (χ3n) is 3.73. The summed E-state index contributed by atoms with van der Waals surface area (Å²) in [6, 6.07) is 0.751. The monoisotopic (exact) mass is 236 g/mol. The Bertz CT molecular complexity index is 334. The van der Waals surface area contributed by atoms with E-state index in [-0.39, 0.29) is 0 Å². The summed E-state index contributed by atoms with van der Waals surface area (Å²) in [4.78, 5) is 6.91. The molecule has 17 heavy (non-hydrogen) atoms. The van der Waals surface area contributed by atoms with Crippen LogP contribution in [0.5, 0.6) is 0 Å². The molecular formula is C13H24N4. The lowest BCUT2D eigenvalue weighted by molar-refractivity contribution is 0.260. The first-order valence-electron chi connectivity index (χ1n) is 6.72. The van der Waals surface area contributed by atoms with Gasteiger partial charge in [0.1, 0.15) is 5.82 Å². The zero-order chi connectivity index (χ0) is 12.1. The summed E-state index contributed by atoms with van der Waals surface area (Å²) < 4.78 is 2.09. The van der Waals surface area contributed by atoms with Gasteiger partial charge in [-0.25, -0.2) is 4.98 Å². The molecule has 1 fully saturated rings. The second-order valence-electron chi connectivity index (χ2n) is 4.83. The Morgan fingerprint density at radius 1 is 1.53 bits per heavy atom. The van der Waals surface area contributed by atoms with Crippen molar-refractivity contribution in [1.82, 2.24) is 19.8 Å². The van der Waals surface area contributed by atoms with Gasteiger partial charge in [0.25, 0.3) is 0 Å². The largest absolute Gasteiger partial charge is 0.338 e. The van der Waals surface area contributed by atoms with Gasteiger partial charge in [-0.05, 0) is 25.9 Å². The van der Waals surface area contributed by atoms with Gasteiger partial charge in [0.15, 0.2) is 0 Å². The Balaban J connectivity index is 1.65. The van der Waals surface area contributed by atoms with Crippen LogP contribution in [0.2, 0.25) is 0 Å². The van der Waals surface area contributed by atoms with E-state index >= 15 is 0 Å². The van der Waals surface area contributed by atoms with Crippen LogP contribution in [-0.2, 0) is 13.5 Å².